The molecule has 0 radical (unpaired) electrons. The van der Waals surface area contributed by atoms with E-state index in [0.717, 1.165) is 0 Å². The normalized spacial score (nSPS) is 21.5. The third-order valence-corrected chi connectivity index (χ3v) is 7.00. The number of para-hydroxylation sites is 1. The summed E-state index contributed by atoms with van der Waals surface area (Å²) in [5.41, 5.74) is 1.29. The molecule has 2 heterocycles. The second kappa shape index (κ2) is 9.29. The molecule has 1 unspecified atom stereocenters. The molecule has 1 N–H and O–H groups in total. The number of hydrogen-bond acceptors (Lipinski definition) is 7. The van der Waals surface area contributed by atoms with Crippen molar-refractivity contribution in [1.29, 1.82) is 0 Å². The van der Waals surface area contributed by atoms with Gasteiger partial charge in [0.2, 0.25) is 0 Å². The van der Waals surface area contributed by atoms with Crippen LogP contribution in [0.25, 0.3) is 0 Å². The summed E-state index contributed by atoms with van der Waals surface area (Å²) in [6, 6.07) is 6.07. The number of allylic oxidation sites excluding steroid dienone is 3. The number of halogens is 2. The lowest BCUT2D eigenvalue weighted by molar-refractivity contribution is -0.138. The maximum atomic E-state index is 13.6. The molecule has 0 aliphatic carbocycles. The highest BCUT2D eigenvalue weighted by molar-refractivity contribution is 7.58. The maximum Gasteiger partial charge on any atom is 0.387 e. The Bertz CT molecular complexity index is 920. The van der Waals surface area contributed by atoms with Crippen molar-refractivity contribution in [2.45, 2.75) is 39.7 Å². The summed E-state index contributed by atoms with van der Waals surface area (Å²) in [4.78, 5) is 12.9. The molecule has 0 amide bonds. The van der Waals surface area contributed by atoms with E-state index in [2.05, 4.69) is 5.32 Å². The Hall–Kier alpha value is -2.22. The summed E-state index contributed by atoms with van der Waals surface area (Å²) in [6.07, 6.45) is 0.569. The van der Waals surface area contributed by atoms with E-state index >= 15 is 0 Å². The fraction of sp³-hybridized carbons (Fsp3) is 0.450. The number of nitrogens with one attached hydrogen (secondary N) is 1. The zero-order valence-corrected chi connectivity index (χ0v) is 17.8. The van der Waals surface area contributed by atoms with Crippen LogP contribution >= 0.6 is 7.60 Å². The molecule has 10 heteroatoms. The predicted molar refractivity (Wildman–Crippen MR) is 105 cm³/mol. The van der Waals surface area contributed by atoms with E-state index in [4.69, 9.17) is 18.5 Å². The molecular weight excluding hydrogens is 419 g/mol. The lowest BCUT2D eigenvalue weighted by Gasteiger charge is -2.36. The molecule has 0 aromatic heterocycles. The van der Waals surface area contributed by atoms with Gasteiger partial charge >= 0.3 is 20.2 Å². The van der Waals surface area contributed by atoms with Crippen LogP contribution in [-0.4, -0.2) is 32.4 Å². The molecular formula is C20H24F2NO6P. The minimum atomic E-state index is -3.81. The first-order valence-electron chi connectivity index (χ1n) is 9.57. The van der Waals surface area contributed by atoms with Crippen molar-refractivity contribution >= 4 is 13.6 Å². The average Bonchev–Trinajstić information content (AvgIpc) is 2.68. The van der Waals surface area contributed by atoms with Gasteiger partial charge in [-0.05, 0) is 33.3 Å². The standard InChI is InChI=1S/C20H24F2NO6P/c1-4-26-19(24)16-12(2)23-13(3)18(30(25)27-10-7-11-28-30)17(16)14-8-5-6-9-15(14)29-20(21)22/h5-6,8-9,17,20,23H,4,7,10-11H2,1-3H3. The maximum absolute atomic E-state index is 13.6. The molecule has 2 aliphatic heterocycles. The Morgan fingerprint density at radius 2 is 1.90 bits per heavy atom. The summed E-state index contributed by atoms with van der Waals surface area (Å²) in [6.45, 7) is 2.46. The number of rotatable bonds is 6. The van der Waals surface area contributed by atoms with Gasteiger partial charge in [-0.2, -0.15) is 8.78 Å². The van der Waals surface area contributed by atoms with Crippen LogP contribution in [0.2, 0.25) is 0 Å². The minimum absolute atomic E-state index is 0.111. The number of esters is 1. The third kappa shape index (κ3) is 4.43. The van der Waals surface area contributed by atoms with Gasteiger partial charge in [-0.25, -0.2) is 4.79 Å². The van der Waals surface area contributed by atoms with Crippen LogP contribution in [0.5, 0.6) is 5.75 Å². The van der Waals surface area contributed by atoms with E-state index in [1.54, 1.807) is 32.9 Å². The summed E-state index contributed by atoms with van der Waals surface area (Å²) in [7, 11) is -3.81. The summed E-state index contributed by atoms with van der Waals surface area (Å²) >= 11 is 0. The SMILES string of the molecule is CCOC(=O)C1=C(C)NC(C)=C(P2(=O)OCCCO2)C1c1ccccc1OC(F)F. The van der Waals surface area contributed by atoms with Gasteiger partial charge in [0.15, 0.2) is 0 Å². The number of carbonyl (C=O) groups is 1. The topological polar surface area (TPSA) is 83.1 Å². The van der Waals surface area contributed by atoms with Crippen molar-refractivity contribution in [2.24, 2.45) is 0 Å². The molecule has 3 rings (SSSR count). The monoisotopic (exact) mass is 443 g/mol. The quantitative estimate of drug-likeness (QED) is 0.505. The number of ether oxygens (including phenoxy) is 2. The van der Waals surface area contributed by atoms with E-state index in [-0.39, 0.29) is 42.0 Å². The second-order valence-corrected chi connectivity index (χ2v) is 8.75. The smallest absolute Gasteiger partial charge is 0.387 e. The zero-order valence-electron chi connectivity index (χ0n) is 16.9. The van der Waals surface area contributed by atoms with Gasteiger partial charge in [0.05, 0.1) is 36.6 Å². The Balaban J connectivity index is 2.23. The Morgan fingerprint density at radius 1 is 1.23 bits per heavy atom. The van der Waals surface area contributed by atoms with Crippen LogP contribution < -0.4 is 10.1 Å². The van der Waals surface area contributed by atoms with E-state index in [9.17, 15) is 18.1 Å². The van der Waals surface area contributed by atoms with Crippen LogP contribution in [-0.2, 0) is 23.1 Å². The highest BCUT2D eigenvalue weighted by atomic mass is 31.2. The van der Waals surface area contributed by atoms with Crippen molar-refractivity contribution in [3.05, 3.63) is 52.1 Å². The van der Waals surface area contributed by atoms with Crippen LogP contribution in [0, 0.1) is 0 Å². The van der Waals surface area contributed by atoms with Crippen molar-refractivity contribution in [2.75, 3.05) is 19.8 Å². The second-order valence-electron chi connectivity index (χ2n) is 6.76. The van der Waals surface area contributed by atoms with Crippen molar-refractivity contribution in [1.82, 2.24) is 5.32 Å². The molecule has 1 fully saturated rings. The number of hydrogen-bond donors (Lipinski definition) is 1. The predicted octanol–water partition coefficient (Wildman–Crippen LogP) is 4.67. The van der Waals surface area contributed by atoms with Gasteiger partial charge in [0.25, 0.3) is 0 Å². The molecule has 1 aromatic rings. The fourth-order valence-electron chi connectivity index (χ4n) is 3.66. The number of alkyl halides is 2. The van der Waals surface area contributed by atoms with Crippen LogP contribution in [0.3, 0.4) is 0 Å². The zero-order chi connectivity index (χ0) is 21.9. The summed E-state index contributed by atoms with van der Waals surface area (Å²) in [5.74, 6) is -1.81. The number of benzene rings is 1. The van der Waals surface area contributed by atoms with Gasteiger partial charge in [-0.15, -0.1) is 0 Å². The first-order chi connectivity index (χ1) is 14.3. The summed E-state index contributed by atoms with van der Waals surface area (Å²) in [5, 5.41) is 3.22. The molecule has 164 valence electrons. The van der Waals surface area contributed by atoms with Gasteiger partial charge in [0, 0.05) is 17.0 Å². The molecule has 2 aliphatic rings. The molecule has 1 atom stereocenters. The Labute approximate surface area is 173 Å². The highest BCUT2D eigenvalue weighted by Gasteiger charge is 2.46. The van der Waals surface area contributed by atoms with Gasteiger partial charge in [0.1, 0.15) is 5.75 Å². The first kappa shape index (κ1) is 22.5. The van der Waals surface area contributed by atoms with Gasteiger partial charge in [-0.1, -0.05) is 18.2 Å². The lowest BCUT2D eigenvalue weighted by atomic mass is 9.86. The molecule has 0 bridgehead atoms. The molecule has 1 aromatic carbocycles. The van der Waals surface area contributed by atoms with Crippen molar-refractivity contribution in [3.63, 3.8) is 0 Å². The Kier molecular flexibility index (Phi) is 6.95. The number of carbonyl (C=O) groups excluding carboxylic acids is 1. The molecule has 30 heavy (non-hydrogen) atoms. The fourth-order valence-corrected chi connectivity index (χ4v) is 5.80. The van der Waals surface area contributed by atoms with E-state index < -0.39 is 26.1 Å². The molecule has 0 saturated carbocycles. The van der Waals surface area contributed by atoms with Crippen LogP contribution in [0.4, 0.5) is 8.78 Å². The largest absolute Gasteiger partial charge is 0.463 e. The number of dihydropyridines is 1. The van der Waals surface area contributed by atoms with Crippen LogP contribution in [0.15, 0.2) is 46.5 Å². The van der Waals surface area contributed by atoms with Gasteiger partial charge < -0.3 is 23.8 Å². The molecule has 0 spiro atoms. The van der Waals surface area contributed by atoms with E-state index in [0.29, 0.717) is 17.8 Å². The minimum Gasteiger partial charge on any atom is -0.463 e. The molecule has 7 nitrogen and oxygen atoms in total. The summed E-state index contributed by atoms with van der Waals surface area (Å²) < 4.78 is 60.8. The van der Waals surface area contributed by atoms with Gasteiger partial charge in [-0.3, -0.25) is 4.57 Å². The average molecular weight is 443 g/mol. The lowest BCUT2D eigenvalue weighted by Crippen LogP contribution is -2.30. The van der Waals surface area contributed by atoms with Crippen LogP contribution in [0.1, 0.15) is 38.7 Å². The molecule has 1 saturated heterocycles. The van der Waals surface area contributed by atoms with Crippen molar-refractivity contribution < 1.29 is 36.7 Å². The van der Waals surface area contributed by atoms with E-state index in [1.807, 2.05) is 0 Å². The third-order valence-electron chi connectivity index (χ3n) is 4.77. The Morgan fingerprint density at radius 3 is 2.53 bits per heavy atom. The van der Waals surface area contributed by atoms with E-state index in [1.165, 1.54) is 12.1 Å². The highest BCUT2D eigenvalue weighted by Crippen LogP contribution is 2.65. The van der Waals surface area contributed by atoms with Crippen molar-refractivity contribution in [3.8, 4) is 5.75 Å². The first-order valence-corrected chi connectivity index (χ1v) is 11.1.